The van der Waals surface area contributed by atoms with Crippen molar-refractivity contribution in [1.82, 2.24) is 20.6 Å². The van der Waals surface area contributed by atoms with E-state index in [1.807, 2.05) is 17.5 Å². The predicted molar refractivity (Wildman–Crippen MR) is 129 cm³/mol. The fourth-order valence-corrected chi connectivity index (χ4v) is 4.11. The van der Waals surface area contributed by atoms with Crippen molar-refractivity contribution in [2.24, 2.45) is 0 Å². The van der Waals surface area contributed by atoms with Gasteiger partial charge in [-0.25, -0.2) is 9.78 Å². The van der Waals surface area contributed by atoms with Gasteiger partial charge in [0.1, 0.15) is 12.1 Å². The molecule has 1 aliphatic rings. The lowest BCUT2D eigenvalue weighted by molar-refractivity contribution is -0.115. The Balaban J connectivity index is 1.47. The molecular weight excluding hydrogens is 438 g/mol. The molecule has 8 nitrogen and oxygen atoms in total. The lowest BCUT2D eigenvalue weighted by Gasteiger charge is -2.28. The zero-order valence-electron chi connectivity index (χ0n) is 18.8. The topological polar surface area (TPSA) is 105 Å². The first-order chi connectivity index (χ1) is 15.8. The van der Waals surface area contributed by atoms with E-state index in [4.69, 9.17) is 4.74 Å². The highest BCUT2D eigenvalue weighted by Gasteiger charge is 2.21. The normalized spacial score (nSPS) is 15.4. The zero-order chi connectivity index (χ0) is 23.4. The minimum atomic E-state index is -0.637. The second-order valence-corrected chi connectivity index (χ2v) is 9.67. The number of aromatic nitrogens is 2. The number of nitrogens with zero attached hydrogens (tertiary/aromatic N) is 2. The molecule has 1 aromatic carbocycles. The minimum absolute atomic E-state index is 0.196. The average molecular weight is 466 g/mol. The van der Waals surface area contributed by atoms with Gasteiger partial charge in [0.15, 0.2) is 5.13 Å². The summed E-state index contributed by atoms with van der Waals surface area (Å²) in [7, 11) is 0. The number of anilines is 1. The molecule has 1 unspecified atom stereocenters. The van der Waals surface area contributed by atoms with Gasteiger partial charge in [-0.3, -0.25) is 9.78 Å². The zero-order valence-corrected chi connectivity index (χ0v) is 19.7. The maximum atomic E-state index is 12.2. The Morgan fingerprint density at radius 3 is 2.55 bits per heavy atom. The fraction of sp³-hybridized carbons (Fsp3) is 0.333. The maximum Gasteiger partial charge on any atom is 0.408 e. The Morgan fingerprint density at radius 2 is 1.88 bits per heavy atom. The van der Waals surface area contributed by atoms with Crippen LogP contribution in [-0.4, -0.2) is 40.7 Å². The monoisotopic (exact) mass is 465 g/mol. The number of hydrogen-bond acceptors (Lipinski definition) is 7. The fourth-order valence-electron chi connectivity index (χ4n) is 3.38. The lowest BCUT2D eigenvalue weighted by Crippen LogP contribution is -2.37. The number of ether oxygens (including phenoxy) is 1. The van der Waals surface area contributed by atoms with Crippen LogP contribution in [0, 0.1) is 0 Å². The van der Waals surface area contributed by atoms with Crippen LogP contribution in [0.3, 0.4) is 0 Å². The molecule has 0 saturated carbocycles. The predicted octanol–water partition coefficient (Wildman–Crippen LogP) is 4.37. The van der Waals surface area contributed by atoms with E-state index in [2.05, 4.69) is 44.1 Å². The Labute approximate surface area is 196 Å². The number of amides is 2. The van der Waals surface area contributed by atoms with Gasteiger partial charge in [0.25, 0.3) is 0 Å². The summed E-state index contributed by atoms with van der Waals surface area (Å²) in [5, 5.41) is 11.0. The van der Waals surface area contributed by atoms with Crippen molar-refractivity contribution < 1.29 is 14.3 Å². The van der Waals surface area contributed by atoms with Gasteiger partial charge in [0.2, 0.25) is 5.91 Å². The van der Waals surface area contributed by atoms with E-state index >= 15 is 0 Å². The molecule has 1 fully saturated rings. The quantitative estimate of drug-likeness (QED) is 0.499. The molecule has 0 aliphatic carbocycles. The smallest absolute Gasteiger partial charge is 0.408 e. The van der Waals surface area contributed by atoms with Gasteiger partial charge in [-0.1, -0.05) is 0 Å². The summed E-state index contributed by atoms with van der Waals surface area (Å²) in [6.07, 6.45) is 4.03. The van der Waals surface area contributed by atoms with Crippen LogP contribution in [-0.2, 0) is 9.53 Å². The Morgan fingerprint density at radius 1 is 1.15 bits per heavy atom. The van der Waals surface area contributed by atoms with Gasteiger partial charge in [0, 0.05) is 29.4 Å². The molecule has 2 amide bonds. The molecule has 0 bridgehead atoms. The number of alkyl carbamates (subject to hydrolysis) is 1. The number of carbonyl (C=O) groups excluding carboxylic acids is 2. The van der Waals surface area contributed by atoms with Crippen molar-refractivity contribution in [3.8, 4) is 22.4 Å². The Hall–Kier alpha value is -3.30. The third kappa shape index (κ3) is 6.15. The van der Waals surface area contributed by atoms with Crippen LogP contribution in [0.25, 0.3) is 22.4 Å². The molecule has 4 rings (SSSR count). The number of benzene rings is 1. The van der Waals surface area contributed by atoms with Crippen LogP contribution >= 0.6 is 11.3 Å². The van der Waals surface area contributed by atoms with Crippen LogP contribution in [0.15, 0.2) is 48.1 Å². The molecule has 172 valence electrons. The summed E-state index contributed by atoms with van der Waals surface area (Å²) in [6.45, 7) is 6.11. The summed E-state index contributed by atoms with van der Waals surface area (Å²) < 4.78 is 5.14. The van der Waals surface area contributed by atoms with E-state index < -0.39 is 11.7 Å². The molecule has 0 radical (unpaired) electrons. The maximum absolute atomic E-state index is 12.2. The standard InChI is InChI=1S/C24H27N5O3S/c1-24(2,3)32-23(31)27-13-21(30)29-22-28-20(14-33-22)18-11-16(15-4-7-25-8-5-15)10-17(12-18)19-6-9-26-19/h4-5,7-8,10-12,14,19,26H,6,9,13H2,1-3H3,(H,27,31)(H,28,29,30). The van der Waals surface area contributed by atoms with Crippen LogP contribution in [0.1, 0.15) is 38.8 Å². The van der Waals surface area contributed by atoms with Crippen molar-refractivity contribution >= 4 is 28.5 Å². The van der Waals surface area contributed by atoms with Crippen molar-refractivity contribution in [1.29, 1.82) is 0 Å². The molecule has 2 aromatic heterocycles. The molecular formula is C24H27N5O3S. The van der Waals surface area contributed by atoms with Crippen LogP contribution in [0.2, 0.25) is 0 Å². The van der Waals surface area contributed by atoms with Crippen LogP contribution in [0.4, 0.5) is 9.93 Å². The highest BCUT2D eigenvalue weighted by molar-refractivity contribution is 7.14. The number of rotatable bonds is 6. The van der Waals surface area contributed by atoms with Crippen molar-refractivity contribution in [3.63, 3.8) is 0 Å². The third-order valence-electron chi connectivity index (χ3n) is 5.03. The first-order valence-electron chi connectivity index (χ1n) is 10.8. The molecule has 3 heterocycles. The molecule has 0 spiro atoms. The number of thiazole rings is 1. The highest BCUT2D eigenvalue weighted by atomic mass is 32.1. The first kappa shape index (κ1) is 22.9. The second-order valence-electron chi connectivity index (χ2n) is 8.82. The van der Waals surface area contributed by atoms with Crippen LogP contribution < -0.4 is 16.0 Å². The SMILES string of the molecule is CC(C)(C)OC(=O)NCC(=O)Nc1nc(-c2cc(-c3ccncc3)cc(C3CCN3)c2)cs1. The Bertz CT molecular complexity index is 1140. The molecule has 3 N–H and O–H groups in total. The number of nitrogens with one attached hydrogen (secondary N) is 3. The van der Waals surface area contributed by atoms with Crippen molar-refractivity contribution in [3.05, 3.63) is 53.7 Å². The molecule has 1 atom stereocenters. The van der Waals surface area contributed by atoms with E-state index in [1.165, 1.54) is 16.9 Å². The summed E-state index contributed by atoms with van der Waals surface area (Å²) in [5.74, 6) is -0.369. The van der Waals surface area contributed by atoms with Crippen molar-refractivity contribution in [2.45, 2.75) is 38.8 Å². The van der Waals surface area contributed by atoms with Gasteiger partial charge in [0.05, 0.1) is 5.69 Å². The number of hydrogen-bond donors (Lipinski definition) is 3. The molecule has 1 saturated heterocycles. The summed E-state index contributed by atoms with van der Waals surface area (Å²) in [5.41, 5.74) is 4.54. The molecule has 33 heavy (non-hydrogen) atoms. The highest BCUT2D eigenvalue weighted by Crippen LogP contribution is 2.34. The molecule has 1 aliphatic heterocycles. The van der Waals surface area contributed by atoms with E-state index in [0.717, 1.165) is 35.3 Å². The molecule has 9 heteroatoms. The Kier molecular flexibility index (Phi) is 6.71. The van der Waals surface area contributed by atoms with Gasteiger partial charge >= 0.3 is 6.09 Å². The summed E-state index contributed by atoms with van der Waals surface area (Å²) in [4.78, 5) is 32.7. The second kappa shape index (κ2) is 9.68. The van der Waals surface area contributed by atoms with Crippen molar-refractivity contribution in [2.75, 3.05) is 18.4 Å². The largest absolute Gasteiger partial charge is 0.444 e. The van der Waals surface area contributed by atoms with Gasteiger partial charge < -0.3 is 20.7 Å². The van der Waals surface area contributed by atoms with Crippen LogP contribution in [0.5, 0.6) is 0 Å². The van der Waals surface area contributed by atoms with E-state index in [-0.39, 0.29) is 12.5 Å². The van der Waals surface area contributed by atoms with E-state index in [9.17, 15) is 9.59 Å². The third-order valence-corrected chi connectivity index (χ3v) is 5.79. The van der Waals surface area contributed by atoms with Gasteiger partial charge in [-0.15, -0.1) is 11.3 Å². The van der Waals surface area contributed by atoms with Gasteiger partial charge in [-0.05, 0) is 80.8 Å². The summed E-state index contributed by atoms with van der Waals surface area (Å²) >= 11 is 1.34. The average Bonchev–Trinajstić information content (AvgIpc) is 3.19. The lowest BCUT2D eigenvalue weighted by atomic mass is 9.92. The van der Waals surface area contributed by atoms with E-state index in [1.54, 1.807) is 33.2 Å². The van der Waals surface area contributed by atoms with Gasteiger partial charge in [-0.2, -0.15) is 0 Å². The first-order valence-corrected chi connectivity index (χ1v) is 11.7. The molecule has 3 aromatic rings. The van der Waals surface area contributed by atoms with E-state index in [0.29, 0.717) is 11.2 Å². The summed E-state index contributed by atoms with van der Waals surface area (Å²) in [6, 6.07) is 10.8. The number of carbonyl (C=O) groups is 2. The minimum Gasteiger partial charge on any atom is -0.444 e. The number of pyridine rings is 1.